The highest BCUT2D eigenvalue weighted by Gasteiger charge is 2.41. The van der Waals surface area contributed by atoms with Gasteiger partial charge in [-0.3, -0.25) is 4.98 Å². The second kappa shape index (κ2) is 9.31. The quantitative estimate of drug-likeness (QED) is 0.317. The molecule has 34 heavy (non-hydrogen) atoms. The van der Waals surface area contributed by atoms with Gasteiger partial charge >= 0.3 is 0 Å². The van der Waals surface area contributed by atoms with Crippen molar-refractivity contribution < 1.29 is 4.74 Å². The molecule has 1 N–H and O–H groups in total. The van der Waals surface area contributed by atoms with E-state index in [0.717, 1.165) is 28.4 Å². The number of benzene rings is 2. The van der Waals surface area contributed by atoms with Crippen molar-refractivity contribution in [3.05, 3.63) is 108 Å². The van der Waals surface area contributed by atoms with Crippen molar-refractivity contribution in [3.63, 3.8) is 0 Å². The Kier molecular flexibility index (Phi) is 6.07. The largest absolute Gasteiger partial charge is 0.457 e. The van der Waals surface area contributed by atoms with Crippen LogP contribution in [0.4, 0.5) is 5.69 Å². The van der Waals surface area contributed by atoms with E-state index < -0.39 is 0 Å². The number of rotatable bonds is 6. The Morgan fingerprint density at radius 2 is 1.74 bits per heavy atom. The van der Waals surface area contributed by atoms with Gasteiger partial charge in [-0.05, 0) is 92.6 Å². The lowest BCUT2D eigenvalue weighted by atomic mass is 9.98. The Balaban J connectivity index is 1.49. The zero-order chi connectivity index (χ0) is 23.7. The number of nitrogens with one attached hydrogen (secondary N) is 1. The summed E-state index contributed by atoms with van der Waals surface area (Å²) in [7, 11) is 0. The Labute approximate surface area is 206 Å². The maximum absolute atomic E-state index is 6.10. The second-order valence-corrected chi connectivity index (χ2v) is 9.23. The van der Waals surface area contributed by atoms with Gasteiger partial charge in [-0.25, -0.2) is 0 Å². The normalized spacial score (nSPS) is 17.8. The highest BCUT2D eigenvalue weighted by atomic mass is 32.1. The first-order chi connectivity index (χ1) is 16.5. The van der Waals surface area contributed by atoms with Crippen LogP contribution in [0.2, 0.25) is 0 Å². The molecule has 0 aliphatic carbocycles. The van der Waals surface area contributed by atoms with Gasteiger partial charge in [0.25, 0.3) is 0 Å². The predicted molar refractivity (Wildman–Crippen MR) is 140 cm³/mol. The topological polar surface area (TPSA) is 42.3 Å². The summed E-state index contributed by atoms with van der Waals surface area (Å²) in [6.45, 7) is 6.41. The molecule has 2 aromatic heterocycles. The number of nitrogens with zero attached hydrogens (tertiary/aromatic N) is 3. The van der Waals surface area contributed by atoms with E-state index in [-0.39, 0.29) is 12.1 Å². The average Bonchev–Trinajstić information content (AvgIpc) is 3.47. The van der Waals surface area contributed by atoms with Crippen molar-refractivity contribution in [3.8, 4) is 11.5 Å². The van der Waals surface area contributed by atoms with Crippen LogP contribution in [0.25, 0.3) is 0 Å². The molecule has 0 spiro atoms. The fourth-order valence-corrected chi connectivity index (χ4v) is 4.72. The number of ether oxygens (including phenoxy) is 1. The van der Waals surface area contributed by atoms with E-state index in [1.165, 1.54) is 5.56 Å². The molecule has 5 nitrogen and oxygen atoms in total. The van der Waals surface area contributed by atoms with Crippen molar-refractivity contribution in [1.29, 1.82) is 0 Å². The summed E-state index contributed by atoms with van der Waals surface area (Å²) in [5.41, 5.74) is 4.27. The highest BCUT2D eigenvalue weighted by molar-refractivity contribution is 7.80. The molecule has 1 fully saturated rings. The highest BCUT2D eigenvalue weighted by Crippen LogP contribution is 2.42. The van der Waals surface area contributed by atoms with Gasteiger partial charge in [0, 0.05) is 30.3 Å². The minimum absolute atomic E-state index is 0.0227. The van der Waals surface area contributed by atoms with E-state index >= 15 is 0 Å². The van der Waals surface area contributed by atoms with Crippen LogP contribution in [0.15, 0.2) is 91.4 Å². The van der Waals surface area contributed by atoms with Crippen molar-refractivity contribution >= 4 is 23.0 Å². The molecular weight excluding hydrogens is 440 g/mol. The number of aryl methyl sites for hydroxylation is 1. The van der Waals surface area contributed by atoms with Crippen molar-refractivity contribution in [2.24, 2.45) is 0 Å². The number of hydrogen-bond acceptors (Lipinski definition) is 3. The van der Waals surface area contributed by atoms with Gasteiger partial charge in [0.15, 0.2) is 5.11 Å². The van der Waals surface area contributed by atoms with Crippen LogP contribution >= 0.6 is 12.2 Å². The average molecular weight is 469 g/mol. The minimum atomic E-state index is -0.0559. The molecule has 4 aromatic rings. The lowest BCUT2D eigenvalue weighted by molar-refractivity contribution is 0.479. The monoisotopic (exact) mass is 468 g/mol. The number of anilines is 1. The van der Waals surface area contributed by atoms with Gasteiger partial charge in [0.2, 0.25) is 0 Å². The molecule has 2 atom stereocenters. The number of aromatic nitrogens is 2. The van der Waals surface area contributed by atoms with Crippen LogP contribution in [0.5, 0.6) is 11.5 Å². The smallest absolute Gasteiger partial charge is 0.174 e. The van der Waals surface area contributed by atoms with E-state index in [4.69, 9.17) is 17.0 Å². The first-order valence-electron chi connectivity index (χ1n) is 11.5. The molecule has 1 aliphatic heterocycles. The Hall–Kier alpha value is -3.64. The van der Waals surface area contributed by atoms with Gasteiger partial charge in [-0.2, -0.15) is 0 Å². The zero-order valence-electron chi connectivity index (χ0n) is 19.6. The third-order valence-electron chi connectivity index (χ3n) is 6.21. The fourth-order valence-electron chi connectivity index (χ4n) is 4.37. The molecule has 2 aromatic carbocycles. The lowest BCUT2D eigenvalue weighted by Gasteiger charge is -2.27. The first kappa shape index (κ1) is 22.2. The predicted octanol–water partition coefficient (Wildman–Crippen LogP) is 6.74. The maximum atomic E-state index is 6.10. The van der Waals surface area contributed by atoms with Crippen LogP contribution in [-0.4, -0.2) is 14.7 Å². The SMILES string of the molecule is Cc1ccccc1Oc1ccc(N2C(=S)N[C@@H](c3ccccn3)[C@H]2c2ccn(C(C)C)c2)cc1. The molecule has 0 radical (unpaired) electrons. The number of thiocarbonyl (C=S) groups is 1. The number of para-hydroxylation sites is 1. The molecule has 0 bridgehead atoms. The fraction of sp³-hybridized carbons (Fsp3) is 0.214. The third kappa shape index (κ3) is 4.29. The molecule has 172 valence electrons. The zero-order valence-corrected chi connectivity index (χ0v) is 20.4. The van der Waals surface area contributed by atoms with E-state index in [1.807, 2.05) is 61.7 Å². The Bertz CT molecular complexity index is 1280. The van der Waals surface area contributed by atoms with E-state index in [0.29, 0.717) is 11.2 Å². The Morgan fingerprint density at radius 1 is 0.971 bits per heavy atom. The first-order valence-corrected chi connectivity index (χ1v) is 11.9. The molecular formula is C28H28N4OS. The van der Waals surface area contributed by atoms with Gasteiger partial charge in [0.1, 0.15) is 11.5 Å². The number of pyridine rings is 1. The summed E-state index contributed by atoms with van der Waals surface area (Å²) >= 11 is 5.84. The minimum Gasteiger partial charge on any atom is -0.457 e. The van der Waals surface area contributed by atoms with Gasteiger partial charge in [0.05, 0.1) is 17.8 Å². The van der Waals surface area contributed by atoms with Crippen LogP contribution < -0.4 is 15.0 Å². The third-order valence-corrected chi connectivity index (χ3v) is 6.52. The lowest BCUT2D eigenvalue weighted by Crippen LogP contribution is -2.29. The molecule has 0 unspecified atom stereocenters. The van der Waals surface area contributed by atoms with Gasteiger partial charge < -0.3 is 19.5 Å². The van der Waals surface area contributed by atoms with Crippen LogP contribution in [0.3, 0.4) is 0 Å². The second-order valence-electron chi connectivity index (χ2n) is 8.84. The molecule has 1 aliphatic rings. The van der Waals surface area contributed by atoms with E-state index in [2.05, 4.69) is 70.3 Å². The molecule has 3 heterocycles. The van der Waals surface area contributed by atoms with Crippen molar-refractivity contribution in [2.45, 2.75) is 38.9 Å². The Morgan fingerprint density at radius 3 is 2.41 bits per heavy atom. The van der Waals surface area contributed by atoms with E-state index in [9.17, 15) is 0 Å². The van der Waals surface area contributed by atoms with Crippen LogP contribution in [-0.2, 0) is 0 Å². The summed E-state index contributed by atoms with van der Waals surface area (Å²) in [5.74, 6) is 1.65. The van der Waals surface area contributed by atoms with Gasteiger partial charge in [-0.1, -0.05) is 24.3 Å². The van der Waals surface area contributed by atoms with Gasteiger partial charge in [-0.15, -0.1) is 0 Å². The van der Waals surface area contributed by atoms with Crippen LogP contribution in [0.1, 0.15) is 48.8 Å². The summed E-state index contributed by atoms with van der Waals surface area (Å²) in [6, 6.07) is 24.6. The van der Waals surface area contributed by atoms with Crippen molar-refractivity contribution in [2.75, 3.05) is 4.90 Å². The standard InChI is InChI=1S/C28H28N4OS/c1-19(2)31-17-15-21(18-31)27-26(24-9-6-7-16-29-24)30-28(34)32(27)22-11-13-23(14-12-22)33-25-10-5-4-8-20(25)3/h4-19,26-27H,1-3H3,(H,30,34)/t26-,27+/m0/s1. The molecule has 1 saturated heterocycles. The molecule has 0 saturated carbocycles. The summed E-state index contributed by atoms with van der Waals surface area (Å²) in [5, 5.41) is 4.21. The van der Waals surface area contributed by atoms with Crippen molar-refractivity contribution in [1.82, 2.24) is 14.9 Å². The summed E-state index contributed by atoms with van der Waals surface area (Å²) < 4.78 is 8.33. The van der Waals surface area contributed by atoms with Crippen LogP contribution in [0, 0.1) is 6.92 Å². The molecule has 0 amide bonds. The summed E-state index contributed by atoms with van der Waals surface area (Å²) in [4.78, 5) is 6.82. The molecule has 6 heteroatoms. The summed E-state index contributed by atoms with van der Waals surface area (Å²) in [6.07, 6.45) is 6.18. The number of hydrogen-bond donors (Lipinski definition) is 1. The maximum Gasteiger partial charge on any atom is 0.174 e. The molecule has 5 rings (SSSR count). The van der Waals surface area contributed by atoms with E-state index in [1.54, 1.807) is 0 Å².